The Bertz CT molecular complexity index is 1210. The molecule has 1 aromatic carbocycles. The average Bonchev–Trinajstić information content (AvgIpc) is 3.28. The third kappa shape index (κ3) is 3.44. The van der Waals surface area contributed by atoms with Crippen LogP contribution in [0.3, 0.4) is 0 Å². The minimum Gasteiger partial charge on any atom is -0.302 e. The van der Waals surface area contributed by atoms with Crippen molar-refractivity contribution in [1.82, 2.24) is 24.3 Å². The predicted octanol–water partition coefficient (Wildman–Crippen LogP) is 2.68. The summed E-state index contributed by atoms with van der Waals surface area (Å²) in [4.78, 5) is 33.8. The maximum absolute atomic E-state index is 12.9. The van der Waals surface area contributed by atoms with Crippen LogP contribution >= 0.6 is 11.3 Å². The highest BCUT2D eigenvalue weighted by Crippen LogP contribution is 2.16. The van der Waals surface area contributed by atoms with E-state index in [0.29, 0.717) is 22.0 Å². The number of anilines is 1. The average molecular weight is 394 g/mol. The molecule has 1 amide bonds. The highest BCUT2D eigenvalue weighted by molar-refractivity contribution is 7.13. The lowest BCUT2D eigenvalue weighted by molar-refractivity contribution is -0.116. The van der Waals surface area contributed by atoms with Gasteiger partial charge in [-0.05, 0) is 26.0 Å². The van der Waals surface area contributed by atoms with Crippen LogP contribution in [0.1, 0.15) is 17.9 Å². The van der Waals surface area contributed by atoms with Crippen LogP contribution in [0, 0.1) is 13.8 Å². The van der Waals surface area contributed by atoms with Gasteiger partial charge in [0.2, 0.25) is 5.91 Å². The van der Waals surface area contributed by atoms with Crippen LogP contribution in [0.15, 0.2) is 46.7 Å². The maximum Gasteiger partial charge on any atom is 0.264 e. The Hall–Kier alpha value is -3.33. The van der Waals surface area contributed by atoms with E-state index in [0.717, 1.165) is 11.4 Å². The molecule has 0 spiro atoms. The lowest BCUT2D eigenvalue weighted by Gasteiger charge is -2.10. The van der Waals surface area contributed by atoms with Crippen molar-refractivity contribution >= 4 is 33.4 Å². The van der Waals surface area contributed by atoms with Gasteiger partial charge >= 0.3 is 0 Å². The molecule has 0 aliphatic heterocycles. The molecule has 3 heterocycles. The second-order valence-electron chi connectivity index (χ2n) is 6.34. The first-order valence-corrected chi connectivity index (χ1v) is 9.63. The van der Waals surface area contributed by atoms with Gasteiger partial charge in [-0.1, -0.05) is 18.2 Å². The summed E-state index contributed by atoms with van der Waals surface area (Å²) in [5.74, 6) is 0.341. The zero-order chi connectivity index (χ0) is 19.7. The molecule has 0 radical (unpaired) electrons. The summed E-state index contributed by atoms with van der Waals surface area (Å²) in [6.45, 7) is 3.86. The number of carbonyl (C=O) groups is 1. The Morgan fingerprint density at radius 3 is 2.68 bits per heavy atom. The van der Waals surface area contributed by atoms with Crippen LogP contribution in [0.5, 0.6) is 0 Å². The normalized spacial score (nSPS) is 11.1. The topological polar surface area (TPSA) is 94.7 Å². The van der Waals surface area contributed by atoms with E-state index in [1.54, 1.807) is 11.6 Å². The maximum atomic E-state index is 12.9. The Morgan fingerprint density at radius 2 is 1.96 bits per heavy atom. The number of aromatic nitrogens is 5. The highest BCUT2D eigenvalue weighted by Gasteiger charge is 2.15. The van der Waals surface area contributed by atoms with Crippen molar-refractivity contribution in [3.8, 4) is 5.69 Å². The fourth-order valence-electron chi connectivity index (χ4n) is 2.93. The Balaban J connectivity index is 1.58. The van der Waals surface area contributed by atoms with E-state index >= 15 is 0 Å². The minimum atomic E-state index is -0.206. The van der Waals surface area contributed by atoms with E-state index in [2.05, 4.69) is 20.4 Å². The fraction of sp³-hybridized carbons (Fsp3) is 0.211. The van der Waals surface area contributed by atoms with Crippen molar-refractivity contribution in [2.24, 2.45) is 0 Å². The summed E-state index contributed by atoms with van der Waals surface area (Å²) in [6.07, 6.45) is 1.67. The lowest BCUT2D eigenvalue weighted by Crippen LogP contribution is -2.26. The molecule has 9 heteroatoms. The number of nitrogens with one attached hydrogen (secondary N) is 1. The number of para-hydroxylation sites is 1. The molecule has 0 aliphatic rings. The molecular formula is C19H18N6O2S. The van der Waals surface area contributed by atoms with Gasteiger partial charge in [0.05, 0.1) is 17.6 Å². The molecule has 0 fully saturated rings. The number of hydrogen-bond donors (Lipinski definition) is 1. The van der Waals surface area contributed by atoms with Crippen LogP contribution < -0.4 is 10.9 Å². The van der Waals surface area contributed by atoms with E-state index < -0.39 is 0 Å². The largest absolute Gasteiger partial charge is 0.302 e. The van der Waals surface area contributed by atoms with Crippen molar-refractivity contribution in [3.63, 3.8) is 0 Å². The summed E-state index contributed by atoms with van der Waals surface area (Å²) in [5, 5.41) is 9.92. The van der Waals surface area contributed by atoms with Crippen LogP contribution in [0.2, 0.25) is 0 Å². The number of benzene rings is 1. The van der Waals surface area contributed by atoms with Gasteiger partial charge in [0.25, 0.3) is 5.56 Å². The van der Waals surface area contributed by atoms with Crippen molar-refractivity contribution in [2.75, 3.05) is 5.32 Å². The Kier molecular flexibility index (Phi) is 4.74. The molecule has 1 N–H and O–H groups in total. The first-order chi connectivity index (χ1) is 13.5. The molecule has 142 valence electrons. The SMILES string of the molecule is Cc1csc(NC(=O)CCn2c(C)nc3c(cnn3-c3ccccc3)c2=O)n1. The van der Waals surface area contributed by atoms with Crippen molar-refractivity contribution in [3.05, 3.63) is 63.8 Å². The number of nitrogens with zero attached hydrogens (tertiary/aromatic N) is 5. The number of carbonyl (C=O) groups excluding carboxylic acids is 1. The summed E-state index contributed by atoms with van der Waals surface area (Å²) < 4.78 is 3.15. The van der Waals surface area contributed by atoms with Gasteiger partial charge < -0.3 is 5.32 Å². The summed E-state index contributed by atoms with van der Waals surface area (Å²) in [7, 11) is 0. The Morgan fingerprint density at radius 1 is 1.18 bits per heavy atom. The van der Waals surface area contributed by atoms with Gasteiger partial charge in [-0.25, -0.2) is 14.6 Å². The quantitative estimate of drug-likeness (QED) is 0.562. The van der Waals surface area contributed by atoms with Gasteiger partial charge in [0.15, 0.2) is 10.8 Å². The molecule has 4 rings (SSSR count). The molecule has 4 aromatic rings. The third-order valence-corrected chi connectivity index (χ3v) is 5.18. The molecule has 0 atom stereocenters. The summed E-state index contributed by atoms with van der Waals surface area (Å²) >= 11 is 1.37. The predicted molar refractivity (Wildman–Crippen MR) is 108 cm³/mol. The number of hydrogen-bond acceptors (Lipinski definition) is 6. The number of rotatable bonds is 5. The van der Waals surface area contributed by atoms with Gasteiger partial charge in [-0.2, -0.15) is 5.10 Å². The van der Waals surface area contributed by atoms with Crippen LogP contribution in [-0.4, -0.2) is 30.2 Å². The first kappa shape index (κ1) is 18.1. The Labute approximate surface area is 164 Å². The zero-order valence-electron chi connectivity index (χ0n) is 15.4. The number of aryl methyl sites for hydroxylation is 2. The minimum absolute atomic E-state index is 0.152. The monoisotopic (exact) mass is 394 g/mol. The van der Waals surface area contributed by atoms with Crippen molar-refractivity contribution in [1.29, 1.82) is 0 Å². The summed E-state index contributed by atoms with van der Waals surface area (Å²) in [5.41, 5.74) is 1.99. The van der Waals surface area contributed by atoms with Crippen LogP contribution in [-0.2, 0) is 11.3 Å². The van der Waals surface area contributed by atoms with Crippen LogP contribution in [0.4, 0.5) is 5.13 Å². The van der Waals surface area contributed by atoms with Gasteiger partial charge in [0, 0.05) is 18.3 Å². The summed E-state index contributed by atoms with van der Waals surface area (Å²) in [6, 6.07) is 9.52. The number of thiazole rings is 1. The van der Waals surface area contributed by atoms with Gasteiger partial charge in [-0.15, -0.1) is 11.3 Å². The van der Waals surface area contributed by atoms with E-state index in [9.17, 15) is 9.59 Å². The molecular weight excluding hydrogens is 376 g/mol. The van der Waals surface area contributed by atoms with E-state index in [-0.39, 0.29) is 24.4 Å². The van der Waals surface area contributed by atoms with Gasteiger partial charge in [-0.3, -0.25) is 14.2 Å². The molecule has 0 saturated heterocycles. The zero-order valence-corrected chi connectivity index (χ0v) is 16.2. The van der Waals surface area contributed by atoms with E-state index in [1.165, 1.54) is 22.1 Å². The van der Waals surface area contributed by atoms with E-state index in [1.807, 2.05) is 42.6 Å². The van der Waals surface area contributed by atoms with Crippen molar-refractivity contribution in [2.45, 2.75) is 26.8 Å². The molecule has 28 heavy (non-hydrogen) atoms. The molecule has 0 bridgehead atoms. The van der Waals surface area contributed by atoms with E-state index in [4.69, 9.17) is 0 Å². The van der Waals surface area contributed by atoms with Crippen molar-refractivity contribution < 1.29 is 4.79 Å². The fourth-order valence-corrected chi connectivity index (χ4v) is 3.64. The molecule has 0 saturated carbocycles. The lowest BCUT2D eigenvalue weighted by atomic mass is 10.3. The highest BCUT2D eigenvalue weighted by atomic mass is 32.1. The number of fused-ring (bicyclic) bond motifs is 1. The molecule has 3 aromatic heterocycles. The molecule has 0 aliphatic carbocycles. The smallest absolute Gasteiger partial charge is 0.264 e. The molecule has 0 unspecified atom stereocenters. The molecule has 8 nitrogen and oxygen atoms in total. The number of amides is 1. The second kappa shape index (κ2) is 7.35. The first-order valence-electron chi connectivity index (χ1n) is 8.75. The third-order valence-electron chi connectivity index (χ3n) is 4.31. The van der Waals surface area contributed by atoms with Gasteiger partial charge in [0.1, 0.15) is 11.2 Å². The second-order valence-corrected chi connectivity index (χ2v) is 7.20. The standard InChI is InChI=1S/C19H18N6O2S/c1-12-11-28-19(21-12)23-16(26)8-9-24-13(2)22-17-15(18(24)27)10-20-25(17)14-6-4-3-5-7-14/h3-7,10-11H,8-9H2,1-2H3,(H,21,23,26). The van der Waals surface area contributed by atoms with Crippen LogP contribution in [0.25, 0.3) is 16.7 Å².